The maximum atomic E-state index is 5.70. The first-order valence-electron chi connectivity index (χ1n) is 7.71. The second-order valence-corrected chi connectivity index (χ2v) is 7.58. The van der Waals surface area contributed by atoms with E-state index < -0.39 is 0 Å². The average Bonchev–Trinajstić information content (AvgIpc) is 2.34. The fraction of sp³-hybridized carbons (Fsp3) is 1.00. The lowest BCUT2D eigenvalue weighted by atomic mass is 9.91. The van der Waals surface area contributed by atoms with Gasteiger partial charge in [-0.1, -0.05) is 6.92 Å². The average molecular weight is 270 g/mol. The molecule has 0 bridgehead atoms. The molecule has 1 saturated heterocycles. The molecule has 1 aliphatic heterocycles. The van der Waals surface area contributed by atoms with Crippen LogP contribution in [0.2, 0.25) is 0 Å². The fourth-order valence-electron chi connectivity index (χ4n) is 2.76. The first-order chi connectivity index (χ1) is 8.67. The summed E-state index contributed by atoms with van der Waals surface area (Å²) in [5, 5.41) is 3.62. The van der Waals surface area contributed by atoms with Crippen molar-refractivity contribution in [3.8, 4) is 0 Å². The molecular formula is C16H34N2O. The molecule has 0 aromatic heterocycles. The molecule has 1 aliphatic rings. The highest BCUT2D eigenvalue weighted by Gasteiger charge is 2.34. The van der Waals surface area contributed by atoms with E-state index in [0.717, 1.165) is 13.1 Å². The maximum Gasteiger partial charge on any atom is 0.0777 e. The lowest BCUT2D eigenvalue weighted by molar-refractivity contribution is -0.0645. The van der Waals surface area contributed by atoms with Gasteiger partial charge in [0.15, 0.2) is 0 Å². The summed E-state index contributed by atoms with van der Waals surface area (Å²) in [4.78, 5) is 2.60. The molecule has 3 unspecified atom stereocenters. The minimum atomic E-state index is 0.0453. The molecule has 1 fully saturated rings. The van der Waals surface area contributed by atoms with Gasteiger partial charge in [-0.05, 0) is 66.5 Å². The highest BCUT2D eigenvalue weighted by atomic mass is 16.5. The molecule has 114 valence electrons. The Morgan fingerprint density at radius 2 is 1.95 bits per heavy atom. The minimum Gasteiger partial charge on any atom is -0.377 e. The zero-order valence-electron chi connectivity index (χ0n) is 14.0. The predicted molar refractivity (Wildman–Crippen MR) is 82.6 cm³/mol. The molecule has 3 nitrogen and oxygen atoms in total. The smallest absolute Gasteiger partial charge is 0.0777 e. The van der Waals surface area contributed by atoms with Crippen molar-refractivity contribution in [1.29, 1.82) is 0 Å². The van der Waals surface area contributed by atoms with Gasteiger partial charge in [0.2, 0.25) is 0 Å². The number of piperidine rings is 1. The highest BCUT2D eigenvalue weighted by molar-refractivity contribution is 4.88. The van der Waals surface area contributed by atoms with Gasteiger partial charge in [-0.2, -0.15) is 0 Å². The first-order valence-corrected chi connectivity index (χ1v) is 7.71. The van der Waals surface area contributed by atoms with Gasteiger partial charge in [0.25, 0.3) is 0 Å². The molecular weight excluding hydrogens is 236 g/mol. The van der Waals surface area contributed by atoms with E-state index in [4.69, 9.17) is 4.74 Å². The SMILES string of the molecule is COC1(C)CCCN(C(C)C(C)CNC(C)(C)C)C1. The number of nitrogens with one attached hydrogen (secondary N) is 1. The van der Waals surface area contributed by atoms with Crippen LogP contribution in [0.1, 0.15) is 54.4 Å². The molecule has 0 aromatic rings. The van der Waals surface area contributed by atoms with Crippen LogP contribution >= 0.6 is 0 Å². The van der Waals surface area contributed by atoms with E-state index in [1.54, 1.807) is 0 Å². The molecule has 1 N–H and O–H groups in total. The summed E-state index contributed by atoms with van der Waals surface area (Å²) in [5.41, 5.74) is 0.251. The van der Waals surface area contributed by atoms with Crippen LogP contribution in [-0.4, -0.2) is 48.8 Å². The third-order valence-corrected chi connectivity index (χ3v) is 4.54. The predicted octanol–water partition coefficient (Wildman–Crippen LogP) is 2.90. The van der Waals surface area contributed by atoms with Gasteiger partial charge < -0.3 is 10.1 Å². The van der Waals surface area contributed by atoms with Crippen LogP contribution in [0.25, 0.3) is 0 Å². The zero-order chi connectivity index (χ0) is 14.7. The van der Waals surface area contributed by atoms with Crippen LogP contribution in [0, 0.1) is 5.92 Å². The van der Waals surface area contributed by atoms with Gasteiger partial charge >= 0.3 is 0 Å². The van der Waals surface area contributed by atoms with Crippen molar-refractivity contribution in [3.05, 3.63) is 0 Å². The van der Waals surface area contributed by atoms with E-state index in [1.165, 1.54) is 19.4 Å². The van der Waals surface area contributed by atoms with E-state index in [9.17, 15) is 0 Å². The number of rotatable bonds is 5. The largest absolute Gasteiger partial charge is 0.377 e. The zero-order valence-corrected chi connectivity index (χ0v) is 14.0. The van der Waals surface area contributed by atoms with Crippen molar-refractivity contribution in [2.45, 2.75) is 71.6 Å². The van der Waals surface area contributed by atoms with E-state index >= 15 is 0 Å². The van der Waals surface area contributed by atoms with Crippen LogP contribution in [0.5, 0.6) is 0 Å². The van der Waals surface area contributed by atoms with E-state index in [1.807, 2.05) is 7.11 Å². The van der Waals surface area contributed by atoms with Gasteiger partial charge in [0.1, 0.15) is 0 Å². The van der Waals surface area contributed by atoms with Crippen molar-refractivity contribution >= 4 is 0 Å². The summed E-state index contributed by atoms with van der Waals surface area (Å²) in [6.45, 7) is 17.0. The standard InChI is InChI=1S/C16H34N2O/c1-13(11-17-15(3,4)5)14(2)18-10-8-9-16(6,12-18)19-7/h13-14,17H,8-12H2,1-7H3. The van der Waals surface area contributed by atoms with Gasteiger partial charge in [0, 0.05) is 25.2 Å². The van der Waals surface area contributed by atoms with Gasteiger partial charge in [0.05, 0.1) is 5.60 Å². The molecule has 3 atom stereocenters. The van der Waals surface area contributed by atoms with Crippen molar-refractivity contribution in [2.24, 2.45) is 5.92 Å². The third-order valence-electron chi connectivity index (χ3n) is 4.54. The molecule has 1 rings (SSSR count). The quantitative estimate of drug-likeness (QED) is 0.831. The summed E-state index contributed by atoms with van der Waals surface area (Å²) in [6.07, 6.45) is 2.43. The summed E-state index contributed by atoms with van der Waals surface area (Å²) in [6, 6.07) is 0.602. The number of hydrogen-bond acceptors (Lipinski definition) is 3. The maximum absolute atomic E-state index is 5.70. The molecule has 0 saturated carbocycles. The van der Waals surface area contributed by atoms with Gasteiger partial charge in [-0.3, -0.25) is 4.90 Å². The van der Waals surface area contributed by atoms with Crippen LogP contribution < -0.4 is 5.32 Å². The molecule has 0 radical (unpaired) electrons. The summed E-state index contributed by atoms with van der Waals surface area (Å²) >= 11 is 0. The lowest BCUT2D eigenvalue weighted by Gasteiger charge is -2.44. The lowest BCUT2D eigenvalue weighted by Crippen LogP contribution is -2.53. The Morgan fingerprint density at radius 3 is 2.47 bits per heavy atom. The van der Waals surface area contributed by atoms with Crippen molar-refractivity contribution in [1.82, 2.24) is 10.2 Å². The van der Waals surface area contributed by atoms with E-state index in [2.05, 4.69) is 51.8 Å². The second-order valence-electron chi connectivity index (χ2n) is 7.58. The molecule has 0 aliphatic carbocycles. The molecule has 0 aromatic carbocycles. The highest BCUT2D eigenvalue weighted by Crippen LogP contribution is 2.26. The summed E-state index contributed by atoms with van der Waals surface area (Å²) < 4.78 is 5.70. The fourth-order valence-corrected chi connectivity index (χ4v) is 2.76. The summed E-state index contributed by atoms with van der Waals surface area (Å²) in [7, 11) is 1.85. The van der Waals surface area contributed by atoms with Crippen LogP contribution in [0.4, 0.5) is 0 Å². The van der Waals surface area contributed by atoms with E-state index in [0.29, 0.717) is 12.0 Å². The number of methoxy groups -OCH3 is 1. The Bertz CT molecular complexity index is 274. The van der Waals surface area contributed by atoms with Crippen LogP contribution in [0.3, 0.4) is 0 Å². The Balaban J connectivity index is 2.49. The molecule has 1 heterocycles. The molecule has 19 heavy (non-hydrogen) atoms. The summed E-state index contributed by atoms with van der Waals surface area (Å²) in [5.74, 6) is 0.651. The van der Waals surface area contributed by atoms with Crippen molar-refractivity contribution in [2.75, 3.05) is 26.7 Å². The molecule has 0 spiro atoms. The van der Waals surface area contributed by atoms with Crippen LogP contribution in [-0.2, 0) is 4.74 Å². The Kier molecular flexibility index (Phi) is 5.84. The van der Waals surface area contributed by atoms with Gasteiger partial charge in [-0.15, -0.1) is 0 Å². The first kappa shape index (κ1) is 16.9. The van der Waals surface area contributed by atoms with Crippen molar-refractivity contribution < 1.29 is 4.74 Å². The number of ether oxygens (including phenoxy) is 1. The van der Waals surface area contributed by atoms with E-state index in [-0.39, 0.29) is 11.1 Å². The Hall–Kier alpha value is -0.120. The number of likely N-dealkylation sites (tertiary alicyclic amines) is 1. The molecule has 3 heteroatoms. The van der Waals surface area contributed by atoms with Crippen molar-refractivity contribution in [3.63, 3.8) is 0 Å². The third kappa shape index (κ3) is 5.41. The van der Waals surface area contributed by atoms with Gasteiger partial charge in [-0.25, -0.2) is 0 Å². The number of nitrogens with zero attached hydrogens (tertiary/aromatic N) is 1. The second kappa shape index (κ2) is 6.55. The topological polar surface area (TPSA) is 24.5 Å². The monoisotopic (exact) mass is 270 g/mol. The Morgan fingerprint density at radius 1 is 1.32 bits per heavy atom. The van der Waals surface area contributed by atoms with Crippen LogP contribution in [0.15, 0.2) is 0 Å². The molecule has 0 amide bonds. The number of hydrogen-bond donors (Lipinski definition) is 1. The Labute approximate surface area is 120 Å². The normalized spacial score (nSPS) is 29.2. The minimum absolute atomic E-state index is 0.0453.